The Hall–Kier alpha value is -2.12. The zero-order valence-corrected chi connectivity index (χ0v) is 12.2. The molecule has 0 atom stereocenters. The Balaban J connectivity index is 1.86. The van der Waals surface area contributed by atoms with Gasteiger partial charge in [0.2, 0.25) is 0 Å². The molecular formula is C14H9FN2O2S2. The summed E-state index contributed by atoms with van der Waals surface area (Å²) >= 11 is 4.97. The Kier molecular flexibility index (Phi) is 3.76. The van der Waals surface area contributed by atoms with Gasteiger partial charge in [-0.2, -0.15) is 0 Å². The Morgan fingerprint density at radius 1 is 1.19 bits per heavy atom. The Morgan fingerprint density at radius 2 is 1.90 bits per heavy atom. The summed E-state index contributed by atoms with van der Waals surface area (Å²) in [6, 6.07) is 11.1. The maximum Gasteiger partial charge on any atom is 0.282 e. The first-order chi connectivity index (χ1) is 10.1. The van der Waals surface area contributed by atoms with Gasteiger partial charge in [0.15, 0.2) is 5.13 Å². The van der Waals surface area contributed by atoms with Crippen LogP contribution in [0.1, 0.15) is 0 Å². The minimum atomic E-state index is -0.461. The molecule has 106 valence electrons. The summed E-state index contributed by atoms with van der Waals surface area (Å²) in [4.78, 5) is 15.1. The monoisotopic (exact) mass is 320 g/mol. The molecule has 1 aromatic heterocycles. The van der Waals surface area contributed by atoms with Gasteiger partial charge in [0, 0.05) is 6.07 Å². The van der Waals surface area contributed by atoms with Gasteiger partial charge in [-0.15, -0.1) is 0 Å². The minimum Gasteiger partial charge on any atom is -0.457 e. The molecule has 0 saturated carbocycles. The first-order valence-corrected chi connectivity index (χ1v) is 7.20. The first-order valence-electron chi connectivity index (χ1n) is 5.94. The second kappa shape index (κ2) is 5.71. The average molecular weight is 320 g/mol. The number of ether oxygens (including phenoxy) is 1. The number of hydrogen-bond donors (Lipinski definition) is 2. The smallest absolute Gasteiger partial charge is 0.282 e. The van der Waals surface area contributed by atoms with Crippen LogP contribution in [0.5, 0.6) is 11.5 Å². The molecule has 0 aliphatic carbocycles. The van der Waals surface area contributed by atoms with Crippen LogP contribution >= 0.6 is 24.0 Å². The van der Waals surface area contributed by atoms with Crippen molar-refractivity contribution in [1.29, 1.82) is 0 Å². The number of amides is 1. The van der Waals surface area contributed by atoms with Crippen molar-refractivity contribution < 1.29 is 13.9 Å². The lowest BCUT2D eigenvalue weighted by molar-refractivity contribution is 0.270. The normalized spacial score (nSPS) is 10.6. The van der Waals surface area contributed by atoms with E-state index in [2.05, 4.69) is 22.9 Å². The van der Waals surface area contributed by atoms with E-state index < -0.39 is 5.24 Å². The molecule has 0 unspecified atom stereocenters. The number of rotatable bonds is 3. The Morgan fingerprint density at radius 3 is 2.62 bits per heavy atom. The van der Waals surface area contributed by atoms with Crippen molar-refractivity contribution in [2.75, 3.05) is 5.32 Å². The Bertz CT molecular complexity index is 802. The van der Waals surface area contributed by atoms with E-state index in [1.165, 1.54) is 23.5 Å². The van der Waals surface area contributed by atoms with Gasteiger partial charge in [0.1, 0.15) is 17.3 Å². The van der Waals surface area contributed by atoms with E-state index in [0.29, 0.717) is 16.6 Å². The van der Waals surface area contributed by atoms with Crippen LogP contribution in [0.4, 0.5) is 14.3 Å². The molecule has 4 nitrogen and oxygen atoms in total. The van der Waals surface area contributed by atoms with E-state index in [1.807, 2.05) is 6.07 Å². The van der Waals surface area contributed by atoms with Gasteiger partial charge in [-0.1, -0.05) is 24.0 Å². The summed E-state index contributed by atoms with van der Waals surface area (Å²) in [7, 11) is 0. The van der Waals surface area contributed by atoms with Gasteiger partial charge >= 0.3 is 0 Å². The fourth-order valence-corrected chi connectivity index (χ4v) is 2.82. The summed E-state index contributed by atoms with van der Waals surface area (Å²) in [5.74, 6) is 0.845. The van der Waals surface area contributed by atoms with E-state index in [1.54, 1.807) is 24.3 Å². The topological polar surface area (TPSA) is 51.2 Å². The minimum absolute atomic E-state index is 0.313. The molecule has 0 aliphatic rings. The highest BCUT2D eigenvalue weighted by atomic mass is 32.1. The van der Waals surface area contributed by atoms with Crippen LogP contribution in [0.2, 0.25) is 0 Å². The average Bonchev–Trinajstić information content (AvgIpc) is 2.82. The van der Waals surface area contributed by atoms with Crippen LogP contribution in [0.25, 0.3) is 10.2 Å². The molecule has 7 heteroatoms. The third-order valence-corrected chi connectivity index (χ3v) is 3.67. The lowest BCUT2D eigenvalue weighted by Crippen LogP contribution is -1.99. The van der Waals surface area contributed by atoms with Crippen molar-refractivity contribution in [2.45, 2.75) is 0 Å². The van der Waals surface area contributed by atoms with E-state index in [-0.39, 0.29) is 5.82 Å². The number of anilines is 1. The number of thiazole rings is 1. The van der Waals surface area contributed by atoms with Gasteiger partial charge in [0.05, 0.1) is 10.2 Å². The molecule has 0 saturated heterocycles. The molecule has 21 heavy (non-hydrogen) atoms. The van der Waals surface area contributed by atoms with Crippen LogP contribution in [-0.2, 0) is 0 Å². The van der Waals surface area contributed by atoms with Crippen molar-refractivity contribution in [1.82, 2.24) is 4.98 Å². The van der Waals surface area contributed by atoms with Gasteiger partial charge in [-0.25, -0.2) is 9.37 Å². The van der Waals surface area contributed by atoms with Crippen LogP contribution in [0.3, 0.4) is 0 Å². The second-order valence-corrected chi connectivity index (χ2v) is 5.57. The van der Waals surface area contributed by atoms with E-state index in [0.717, 1.165) is 10.2 Å². The quantitative estimate of drug-likeness (QED) is 0.688. The highest BCUT2D eigenvalue weighted by molar-refractivity contribution is 7.97. The number of thiol groups is 1. The zero-order valence-electron chi connectivity index (χ0n) is 10.5. The second-order valence-electron chi connectivity index (χ2n) is 4.13. The molecule has 0 aliphatic heterocycles. The van der Waals surface area contributed by atoms with Crippen LogP contribution in [0, 0.1) is 5.82 Å². The summed E-state index contributed by atoms with van der Waals surface area (Å²) in [6.07, 6.45) is 0. The largest absolute Gasteiger partial charge is 0.457 e. The van der Waals surface area contributed by atoms with Crippen molar-refractivity contribution in [2.24, 2.45) is 0 Å². The number of aromatic nitrogens is 1. The van der Waals surface area contributed by atoms with Crippen molar-refractivity contribution in [3.8, 4) is 11.5 Å². The van der Waals surface area contributed by atoms with Crippen molar-refractivity contribution in [3.63, 3.8) is 0 Å². The molecule has 3 rings (SSSR count). The molecule has 0 bridgehead atoms. The zero-order chi connectivity index (χ0) is 14.8. The summed E-state index contributed by atoms with van der Waals surface area (Å²) in [5, 5.41) is 2.53. The van der Waals surface area contributed by atoms with E-state index >= 15 is 0 Å². The van der Waals surface area contributed by atoms with Crippen molar-refractivity contribution in [3.05, 3.63) is 48.3 Å². The first kappa shape index (κ1) is 13.8. The number of fused-ring (bicyclic) bond motifs is 1. The molecule has 1 amide bonds. The molecule has 3 aromatic rings. The number of halogens is 1. The molecular weight excluding hydrogens is 311 g/mol. The van der Waals surface area contributed by atoms with E-state index in [4.69, 9.17) is 4.74 Å². The standard InChI is InChI=1S/C14H9FN2O2S2/c15-8-1-3-9(4-2-8)19-10-5-6-11-12(7-10)21-13(16-11)17-14(18)20/h1-7H,(H2,16,17,18,20). The fourth-order valence-electron chi connectivity index (χ4n) is 1.75. The number of carbonyl (C=O) groups is 1. The molecule has 1 N–H and O–H groups in total. The number of hydrogen-bond acceptors (Lipinski definition) is 4. The summed E-state index contributed by atoms with van der Waals surface area (Å²) < 4.78 is 19.3. The van der Waals surface area contributed by atoms with Gasteiger partial charge in [0.25, 0.3) is 5.24 Å². The van der Waals surface area contributed by atoms with Crippen LogP contribution in [-0.4, -0.2) is 10.2 Å². The predicted molar refractivity (Wildman–Crippen MR) is 84.1 cm³/mol. The third kappa shape index (κ3) is 3.32. The molecule has 0 fully saturated rings. The number of nitrogens with zero attached hydrogens (tertiary/aromatic N) is 1. The summed E-state index contributed by atoms with van der Waals surface area (Å²) in [6.45, 7) is 0. The van der Waals surface area contributed by atoms with Gasteiger partial charge < -0.3 is 4.74 Å². The number of nitrogens with one attached hydrogen (secondary N) is 1. The Labute approximate surface area is 129 Å². The highest BCUT2D eigenvalue weighted by Gasteiger charge is 2.07. The fraction of sp³-hybridized carbons (Fsp3) is 0. The van der Waals surface area contributed by atoms with Gasteiger partial charge in [-0.3, -0.25) is 10.1 Å². The summed E-state index contributed by atoms with van der Waals surface area (Å²) in [5.41, 5.74) is 0.753. The number of benzene rings is 2. The maximum atomic E-state index is 12.8. The molecule has 2 aromatic carbocycles. The van der Waals surface area contributed by atoms with Crippen molar-refractivity contribution >= 4 is 44.6 Å². The van der Waals surface area contributed by atoms with Crippen LogP contribution in [0.15, 0.2) is 42.5 Å². The molecule has 0 spiro atoms. The SMILES string of the molecule is O=C(S)Nc1nc2ccc(Oc3ccc(F)cc3)cc2s1. The predicted octanol–water partition coefficient (Wildman–Crippen LogP) is 4.69. The van der Waals surface area contributed by atoms with Gasteiger partial charge in [-0.05, 0) is 36.4 Å². The van der Waals surface area contributed by atoms with Crippen LogP contribution < -0.4 is 10.1 Å². The lowest BCUT2D eigenvalue weighted by Gasteiger charge is -2.04. The van der Waals surface area contributed by atoms with E-state index in [9.17, 15) is 9.18 Å². The molecule has 1 heterocycles. The maximum absolute atomic E-state index is 12.8. The highest BCUT2D eigenvalue weighted by Crippen LogP contribution is 2.31. The number of carbonyl (C=O) groups excluding carboxylic acids is 1. The third-order valence-electron chi connectivity index (χ3n) is 2.62. The molecule has 0 radical (unpaired) electrons. The lowest BCUT2D eigenvalue weighted by atomic mass is 10.3.